The minimum Gasteiger partial charge on any atom is -0.480 e. The Morgan fingerprint density at radius 1 is 1.33 bits per heavy atom. The maximum absolute atomic E-state index is 10.6. The Kier molecular flexibility index (Phi) is 3.86. The van der Waals surface area contributed by atoms with Gasteiger partial charge in [0.2, 0.25) is 0 Å². The van der Waals surface area contributed by atoms with E-state index in [-0.39, 0.29) is 0 Å². The van der Waals surface area contributed by atoms with Gasteiger partial charge in [0.25, 0.3) is 0 Å². The number of carboxylic acids is 1. The number of hydrogen-bond acceptors (Lipinski definition) is 2. The molecule has 0 aromatic heterocycles. The number of aliphatic carboxylic acids is 1. The lowest BCUT2D eigenvalue weighted by atomic mass is 9.99. The monoisotopic (exact) mass is 207 g/mol. The van der Waals surface area contributed by atoms with E-state index in [0.29, 0.717) is 12.3 Å². The first kappa shape index (κ1) is 11.7. The van der Waals surface area contributed by atoms with Gasteiger partial charge in [-0.2, -0.15) is 0 Å². The largest absolute Gasteiger partial charge is 0.480 e. The summed E-state index contributed by atoms with van der Waals surface area (Å²) >= 11 is 0. The van der Waals surface area contributed by atoms with E-state index >= 15 is 0 Å². The molecule has 82 valence electrons. The normalized spacial score (nSPS) is 12.8. The summed E-state index contributed by atoms with van der Waals surface area (Å²) in [7, 11) is 0. The van der Waals surface area contributed by atoms with Gasteiger partial charge in [-0.1, -0.05) is 38.1 Å². The van der Waals surface area contributed by atoms with Crippen molar-refractivity contribution in [1.82, 2.24) is 0 Å². The number of carboxylic acid groups (broad SMARTS) is 1. The van der Waals surface area contributed by atoms with Gasteiger partial charge in [0.15, 0.2) is 0 Å². The Morgan fingerprint density at radius 3 is 2.27 bits per heavy atom. The zero-order chi connectivity index (χ0) is 11.4. The summed E-state index contributed by atoms with van der Waals surface area (Å²) in [6.45, 7) is 4.25. The Morgan fingerprint density at radius 2 is 1.87 bits per heavy atom. The summed E-state index contributed by atoms with van der Waals surface area (Å²) < 4.78 is 0. The van der Waals surface area contributed by atoms with Crippen LogP contribution in [0, 0.1) is 0 Å². The number of benzene rings is 1. The van der Waals surface area contributed by atoms with Gasteiger partial charge in [-0.3, -0.25) is 4.79 Å². The molecule has 1 rings (SSSR count). The molecule has 1 aromatic carbocycles. The van der Waals surface area contributed by atoms with Crippen molar-refractivity contribution in [2.24, 2.45) is 5.73 Å². The predicted molar refractivity (Wildman–Crippen MR) is 59.8 cm³/mol. The molecule has 3 nitrogen and oxygen atoms in total. The fraction of sp³-hybridized carbons (Fsp3) is 0.417. The van der Waals surface area contributed by atoms with Crippen molar-refractivity contribution in [2.45, 2.75) is 32.2 Å². The Hall–Kier alpha value is -1.35. The minimum atomic E-state index is -0.956. The molecule has 0 bridgehead atoms. The van der Waals surface area contributed by atoms with Crippen molar-refractivity contribution in [3.05, 3.63) is 35.4 Å². The molecule has 1 aromatic rings. The fourth-order valence-electron chi connectivity index (χ4n) is 1.38. The number of carbonyl (C=O) groups is 1. The molecule has 0 aliphatic carbocycles. The van der Waals surface area contributed by atoms with E-state index in [1.54, 1.807) is 0 Å². The highest BCUT2D eigenvalue weighted by Gasteiger charge is 2.11. The van der Waals surface area contributed by atoms with Crippen LogP contribution in [-0.4, -0.2) is 17.1 Å². The molecule has 0 saturated carbocycles. The first-order valence-electron chi connectivity index (χ1n) is 5.08. The van der Waals surface area contributed by atoms with Crippen molar-refractivity contribution in [2.75, 3.05) is 0 Å². The Balaban J connectivity index is 2.68. The third-order valence-corrected chi connectivity index (χ3v) is 2.42. The molecule has 0 radical (unpaired) electrons. The maximum Gasteiger partial charge on any atom is 0.320 e. The van der Waals surface area contributed by atoms with Gasteiger partial charge < -0.3 is 10.8 Å². The molecule has 0 heterocycles. The van der Waals surface area contributed by atoms with Gasteiger partial charge in [0.1, 0.15) is 6.04 Å². The van der Waals surface area contributed by atoms with Crippen molar-refractivity contribution in [3.63, 3.8) is 0 Å². The molecule has 0 spiro atoms. The smallest absolute Gasteiger partial charge is 0.320 e. The summed E-state index contributed by atoms with van der Waals surface area (Å²) in [5.74, 6) is -0.463. The zero-order valence-corrected chi connectivity index (χ0v) is 9.10. The Bertz CT molecular complexity index is 330. The van der Waals surface area contributed by atoms with E-state index in [1.165, 1.54) is 5.56 Å². The van der Waals surface area contributed by atoms with Crippen molar-refractivity contribution < 1.29 is 9.90 Å². The van der Waals surface area contributed by atoms with E-state index in [0.717, 1.165) is 5.56 Å². The molecule has 0 saturated heterocycles. The van der Waals surface area contributed by atoms with Crippen LogP contribution in [-0.2, 0) is 11.2 Å². The summed E-state index contributed by atoms with van der Waals surface area (Å²) in [6.07, 6.45) is 0.383. The van der Waals surface area contributed by atoms with Crippen LogP contribution < -0.4 is 5.73 Å². The number of rotatable bonds is 4. The lowest BCUT2D eigenvalue weighted by molar-refractivity contribution is -0.138. The van der Waals surface area contributed by atoms with Gasteiger partial charge in [0, 0.05) is 0 Å². The third-order valence-electron chi connectivity index (χ3n) is 2.42. The molecule has 3 heteroatoms. The summed E-state index contributed by atoms with van der Waals surface area (Å²) in [4.78, 5) is 10.6. The molecule has 3 N–H and O–H groups in total. The molecular weight excluding hydrogens is 190 g/mol. The van der Waals surface area contributed by atoms with Gasteiger partial charge in [-0.15, -0.1) is 0 Å². The highest BCUT2D eigenvalue weighted by Crippen LogP contribution is 2.15. The SMILES string of the molecule is CC(C)c1ccc(CC(N)C(=O)O)cc1. The molecule has 1 atom stereocenters. The van der Waals surface area contributed by atoms with Crippen LogP contribution in [0.5, 0.6) is 0 Å². The lowest BCUT2D eigenvalue weighted by Crippen LogP contribution is -2.32. The molecule has 0 aliphatic heterocycles. The average Bonchev–Trinajstić information content (AvgIpc) is 2.18. The molecule has 1 unspecified atom stereocenters. The third kappa shape index (κ3) is 3.36. The van der Waals surface area contributed by atoms with Gasteiger partial charge in [0.05, 0.1) is 0 Å². The highest BCUT2D eigenvalue weighted by molar-refractivity contribution is 5.73. The van der Waals surface area contributed by atoms with E-state index in [9.17, 15) is 4.79 Å². The second-order valence-electron chi connectivity index (χ2n) is 4.05. The molecule has 0 amide bonds. The molecular formula is C12H17NO2. The second-order valence-corrected chi connectivity index (χ2v) is 4.05. The predicted octanol–water partition coefficient (Wildman–Crippen LogP) is 1.76. The van der Waals surface area contributed by atoms with E-state index in [2.05, 4.69) is 13.8 Å². The number of hydrogen-bond donors (Lipinski definition) is 2. The van der Waals surface area contributed by atoms with E-state index in [1.807, 2.05) is 24.3 Å². The summed E-state index contributed by atoms with van der Waals surface area (Å²) in [5.41, 5.74) is 7.67. The van der Waals surface area contributed by atoms with Crippen molar-refractivity contribution in [3.8, 4) is 0 Å². The Labute approximate surface area is 89.9 Å². The van der Waals surface area contributed by atoms with Crippen LogP contribution in [0.1, 0.15) is 30.9 Å². The van der Waals surface area contributed by atoms with Crippen LogP contribution in [0.3, 0.4) is 0 Å². The van der Waals surface area contributed by atoms with E-state index < -0.39 is 12.0 Å². The second kappa shape index (κ2) is 4.94. The molecule has 0 aliphatic rings. The quantitative estimate of drug-likeness (QED) is 0.790. The van der Waals surface area contributed by atoms with Gasteiger partial charge in [-0.25, -0.2) is 0 Å². The van der Waals surface area contributed by atoms with Crippen LogP contribution in [0.2, 0.25) is 0 Å². The first-order valence-corrected chi connectivity index (χ1v) is 5.08. The van der Waals surface area contributed by atoms with Crippen LogP contribution in [0.25, 0.3) is 0 Å². The fourth-order valence-corrected chi connectivity index (χ4v) is 1.38. The van der Waals surface area contributed by atoms with Gasteiger partial charge in [-0.05, 0) is 23.5 Å². The zero-order valence-electron chi connectivity index (χ0n) is 9.10. The van der Waals surface area contributed by atoms with Crippen molar-refractivity contribution in [1.29, 1.82) is 0 Å². The maximum atomic E-state index is 10.6. The first-order chi connectivity index (χ1) is 7.00. The lowest BCUT2D eigenvalue weighted by Gasteiger charge is -2.09. The molecule has 0 fully saturated rings. The molecule has 15 heavy (non-hydrogen) atoms. The minimum absolute atomic E-state index is 0.383. The van der Waals surface area contributed by atoms with Crippen molar-refractivity contribution >= 4 is 5.97 Å². The standard InChI is InChI=1S/C12H17NO2/c1-8(2)10-5-3-9(4-6-10)7-11(13)12(14)15/h3-6,8,11H,7,13H2,1-2H3,(H,14,15). The van der Waals surface area contributed by atoms with Gasteiger partial charge >= 0.3 is 5.97 Å². The highest BCUT2D eigenvalue weighted by atomic mass is 16.4. The van der Waals surface area contributed by atoms with Crippen LogP contribution >= 0.6 is 0 Å². The average molecular weight is 207 g/mol. The van der Waals surface area contributed by atoms with Crippen LogP contribution in [0.15, 0.2) is 24.3 Å². The topological polar surface area (TPSA) is 63.3 Å². The van der Waals surface area contributed by atoms with Crippen LogP contribution in [0.4, 0.5) is 0 Å². The summed E-state index contributed by atoms with van der Waals surface area (Å²) in [6, 6.07) is 7.12. The summed E-state index contributed by atoms with van der Waals surface area (Å²) in [5, 5.41) is 8.66. The van der Waals surface area contributed by atoms with E-state index in [4.69, 9.17) is 10.8 Å². The number of nitrogens with two attached hydrogens (primary N) is 1.